The van der Waals surface area contributed by atoms with Crippen molar-refractivity contribution in [1.29, 1.82) is 0 Å². The summed E-state index contributed by atoms with van der Waals surface area (Å²) < 4.78 is 6.56. The zero-order chi connectivity index (χ0) is 15.0. The van der Waals surface area contributed by atoms with E-state index in [1.54, 1.807) is 0 Å². The molecule has 4 nitrogen and oxygen atoms in total. The number of aryl methyl sites for hydroxylation is 2. The maximum absolute atomic E-state index is 5.43. The van der Waals surface area contributed by atoms with Crippen LogP contribution in [0.5, 0.6) is 0 Å². The Morgan fingerprint density at radius 3 is 2.57 bits per heavy atom. The lowest BCUT2D eigenvalue weighted by Crippen LogP contribution is -2.29. The topological polar surface area (TPSA) is 51.0 Å². The Bertz CT molecular complexity index is 626. The predicted octanol–water partition coefficient (Wildman–Crippen LogP) is 3.66. The van der Waals surface area contributed by atoms with E-state index in [1.807, 2.05) is 7.05 Å². The van der Waals surface area contributed by atoms with Gasteiger partial charge in [-0.15, -0.1) is 0 Å². The number of rotatable bonds is 5. The molecule has 3 rings (SSSR count). The lowest BCUT2D eigenvalue weighted by Gasteiger charge is -2.11. The molecule has 0 aliphatic heterocycles. The number of hydrogen-bond acceptors (Lipinski definition) is 4. The van der Waals surface area contributed by atoms with Crippen molar-refractivity contribution >= 4 is 15.9 Å². The molecule has 112 valence electrons. The van der Waals surface area contributed by atoms with Crippen molar-refractivity contribution in [3.05, 3.63) is 33.6 Å². The Labute approximate surface area is 133 Å². The van der Waals surface area contributed by atoms with Gasteiger partial charge in [-0.2, -0.15) is 4.98 Å². The minimum Gasteiger partial charge on any atom is -0.339 e. The van der Waals surface area contributed by atoms with E-state index < -0.39 is 0 Å². The van der Waals surface area contributed by atoms with Crippen LogP contribution < -0.4 is 5.32 Å². The maximum atomic E-state index is 5.43. The standard InChI is InChI=1S/C16H20BrN3O/c1-9-6-12(7-10(2)15(9)17)16-19-14(21-20-16)8-13(18-3)11-4-5-11/h6-7,11,13,18H,4-5,8H2,1-3H3. The molecule has 0 spiro atoms. The van der Waals surface area contributed by atoms with Gasteiger partial charge in [-0.1, -0.05) is 21.1 Å². The molecule has 2 aromatic rings. The number of nitrogens with one attached hydrogen (secondary N) is 1. The first-order valence-electron chi connectivity index (χ1n) is 7.35. The molecule has 0 radical (unpaired) electrons. The highest BCUT2D eigenvalue weighted by Gasteiger charge is 2.31. The molecular formula is C16H20BrN3O. The molecule has 5 heteroatoms. The van der Waals surface area contributed by atoms with Crippen molar-refractivity contribution in [3.63, 3.8) is 0 Å². The van der Waals surface area contributed by atoms with E-state index in [2.05, 4.69) is 57.4 Å². The van der Waals surface area contributed by atoms with E-state index in [9.17, 15) is 0 Å². The van der Waals surface area contributed by atoms with Crippen molar-refractivity contribution in [2.75, 3.05) is 7.05 Å². The van der Waals surface area contributed by atoms with Crippen LogP contribution in [0.4, 0.5) is 0 Å². The van der Waals surface area contributed by atoms with E-state index in [-0.39, 0.29) is 0 Å². The second-order valence-electron chi connectivity index (χ2n) is 5.87. The van der Waals surface area contributed by atoms with Gasteiger partial charge >= 0.3 is 0 Å². The van der Waals surface area contributed by atoms with Crippen LogP contribution in [0, 0.1) is 19.8 Å². The third kappa shape index (κ3) is 3.19. The Hall–Kier alpha value is -1.20. The fourth-order valence-electron chi connectivity index (χ4n) is 2.72. The lowest BCUT2D eigenvalue weighted by atomic mass is 10.1. The van der Waals surface area contributed by atoms with Crippen molar-refractivity contribution < 1.29 is 4.52 Å². The van der Waals surface area contributed by atoms with Gasteiger partial charge in [0.2, 0.25) is 11.7 Å². The number of aromatic nitrogens is 2. The van der Waals surface area contributed by atoms with Gasteiger partial charge in [0.05, 0.1) is 0 Å². The molecule has 1 aromatic carbocycles. The van der Waals surface area contributed by atoms with Crippen LogP contribution in [0.1, 0.15) is 29.9 Å². The third-order valence-corrected chi connectivity index (χ3v) is 5.37. The van der Waals surface area contributed by atoms with Crippen LogP contribution in [0.3, 0.4) is 0 Å². The summed E-state index contributed by atoms with van der Waals surface area (Å²) in [6, 6.07) is 4.62. The third-order valence-electron chi connectivity index (χ3n) is 4.12. The zero-order valence-corrected chi connectivity index (χ0v) is 14.2. The van der Waals surface area contributed by atoms with Crippen LogP contribution in [0.2, 0.25) is 0 Å². The van der Waals surface area contributed by atoms with Gasteiger partial charge in [0.1, 0.15) is 0 Å². The van der Waals surface area contributed by atoms with Gasteiger partial charge in [-0.25, -0.2) is 0 Å². The largest absolute Gasteiger partial charge is 0.339 e. The Morgan fingerprint density at radius 2 is 2.00 bits per heavy atom. The molecule has 1 aromatic heterocycles. The van der Waals surface area contributed by atoms with Crippen molar-refractivity contribution in [2.24, 2.45) is 5.92 Å². The molecule has 1 fully saturated rings. The lowest BCUT2D eigenvalue weighted by molar-refractivity contribution is 0.352. The van der Waals surface area contributed by atoms with Crippen LogP contribution in [-0.2, 0) is 6.42 Å². The first-order valence-corrected chi connectivity index (χ1v) is 8.14. The van der Waals surface area contributed by atoms with E-state index in [1.165, 1.54) is 24.0 Å². The molecule has 1 N–H and O–H groups in total. The van der Waals surface area contributed by atoms with Gasteiger partial charge < -0.3 is 9.84 Å². The van der Waals surface area contributed by atoms with Gasteiger partial charge in [0.15, 0.2) is 0 Å². The molecule has 0 bridgehead atoms. The number of hydrogen-bond donors (Lipinski definition) is 1. The maximum Gasteiger partial charge on any atom is 0.228 e. The molecule has 0 saturated heterocycles. The summed E-state index contributed by atoms with van der Waals surface area (Å²) >= 11 is 3.58. The highest BCUT2D eigenvalue weighted by atomic mass is 79.9. The molecule has 1 heterocycles. The quantitative estimate of drug-likeness (QED) is 0.894. The van der Waals surface area contributed by atoms with Gasteiger partial charge in [-0.3, -0.25) is 0 Å². The van der Waals surface area contributed by atoms with E-state index in [4.69, 9.17) is 4.52 Å². The van der Waals surface area contributed by atoms with Crippen LogP contribution in [0.25, 0.3) is 11.4 Å². The fraction of sp³-hybridized carbons (Fsp3) is 0.500. The molecule has 0 amide bonds. The summed E-state index contributed by atoms with van der Waals surface area (Å²) in [7, 11) is 2.00. The summed E-state index contributed by atoms with van der Waals surface area (Å²) in [6.45, 7) is 4.15. The van der Waals surface area contributed by atoms with Gasteiger partial charge in [-0.05, 0) is 62.9 Å². The van der Waals surface area contributed by atoms with Crippen LogP contribution in [-0.4, -0.2) is 23.2 Å². The molecule has 1 aliphatic carbocycles. The summed E-state index contributed by atoms with van der Waals surface area (Å²) in [5.74, 6) is 2.16. The number of likely N-dealkylation sites (N-methyl/N-ethyl adjacent to an activating group) is 1. The first-order chi connectivity index (χ1) is 10.1. The van der Waals surface area contributed by atoms with E-state index in [0.717, 1.165) is 28.3 Å². The fourth-order valence-corrected chi connectivity index (χ4v) is 2.95. The molecule has 21 heavy (non-hydrogen) atoms. The van der Waals surface area contributed by atoms with Gasteiger partial charge in [0.25, 0.3) is 0 Å². The summed E-state index contributed by atoms with van der Waals surface area (Å²) in [5, 5.41) is 7.49. The molecule has 1 saturated carbocycles. The summed E-state index contributed by atoms with van der Waals surface area (Å²) in [4.78, 5) is 4.56. The number of benzene rings is 1. The van der Waals surface area contributed by atoms with E-state index >= 15 is 0 Å². The summed E-state index contributed by atoms with van der Waals surface area (Å²) in [5.41, 5.74) is 3.38. The molecule has 1 aliphatic rings. The average molecular weight is 350 g/mol. The molecular weight excluding hydrogens is 330 g/mol. The van der Waals surface area contributed by atoms with E-state index in [0.29, 0.717) is 11.9 Å². The normalized spacial score (nSPS) is 16.2. The van der Waals surface area contributed by atoms with Crippen LogP contribution in [0.15, 0.2) is 21.1 Å². The van der Waals surface area contributed by atoms with Crippen LogP contribution >= 0.6 is 15.9 Å². The predicted molar refractivity (Wildman–Crippen MR) is 86.2 cm³/mol. The Balaban J connectivity index is 1.81. The van der Waals surface area contributed by atoms with Gasteiger partial charge in [0, 0.05) is 22.5 Å². The van der Waals surface area contributed by atoms with Crippen molar-refractivity contribution in [1.82, 2.24) is 15.5 Å². The van der Waals surface area contributed by atoms with Crippen molar-refractivity contribution in [3.8, 4) is 11.4 Å². The average Bonchev–Trinajstić information content (AvgIpc) is 3.20. The number of nitrogens with zero attached hydrogens (tertiary/aromatic N) is 2. The first kappa shape index (κ1) is 14.7. The monoisotopic (exact) mass is 349 g/mol. The highest BCUT2D eigenvalue weighted by molar-refractivity contribution is 9.10. The second-order valence-corrected chi connectivity index (χ2v) is 6.67. The van der Waals surface area contributed by atoms with Crippen molar-refractivity contribution in [2.45, 2.75) is 39.2 Å². The Kier molecular flexibility index (Phi) is 4.13. The minimum absolute atomic E-state index is 0.451. The molecule has 1 atom stereocenters. The SMILES string of the molecule is CNC(Cc1nc(-c2cc(C)c(Br)c(C)c2)no1)C1CC1. The smallest absolute Gasteiger partial charge is 0.228 e. The molecule has 1 unspecified atom stereocenters. The second kappa shape index (κ2) is 5.89. The number of halogens is 1. The zero-order valence-electron chi connectivity index (χ0n) is 12.6. The highest BCUT2D eigenvalue weighted by Crippen LogP contribution is 2.34. The Morgan fingerprint density at radius 1 is 1.33 bits per heavy atom. The summed E-state index contributed by atoms with van der Waals surface area (Å²) in [6.07, 6.45) is 3.41. The minimum atomic E-state index is 0.451.